The van der Waals surface area contributed by atoms with Gasteiger partial charge in [-0.25, -0.2) is 0 Å². The lowest BCUT2D eigenvalue weighted by atomic mass is 9.53. The van der Waals surface area contributed by atoms with Crippen molar-refractivity contribution in [1.29, 1.82) is 0 Å². The van der Waals surface area contributed by atoms with Crippen LogP contribution in [0.3, 0.4) is 0 Å². The van der Waals surface area contributed by atoms with Crippen LogP contribution in [0.15, 0.2) is 0 Å². The van der Waals surface area contributed by atoms with Crippen molar-refractivity contribution in [2.24, 2.45) is 35.3 Å². The molecule has 0 saturated heterocycles. The number of rotatable bonds is 2. The van der Waals surface area contributed by atoms with Crippen LogP contribution in [0, 0.1) is 29.6 Å². The van der Waals surface area contributed by atoms with Crippen molar-refractivity contribution in [3.05, 3.63) is 0 Å². The van der Waals surface area contributed by atoms with E-state index < -0.39 is 0 Å². The smallest absolute Gasteiger partial charge is 0.225 e. The second-order valence-electron chi connectivity index (χ2n) is 8.78. The van der Waals surface area contributed by atoms with E-state index in [1.54, 1.807) is 0 Å². The summed E-state index contributed by atoms with van der Waals surface area (Å²) in [6.07, 6.45) is 11.3. The van der Waals surface area contributed by atoms with Crippen LogP contribution < -0.4 is 11.1 Å². The lowest BCUT2D eigenvalue weighted by Gasteiger charge is -2.57. The maximum absolute atomic E-state index is 12.9. The van der Waals surface area contributed by atoms with Crippen molar-refractivity contribution in [2.75, 3.05) is 0 Å². The highest BCUT2D eigenvalue weighted by Crippen LogP contribution is 2.55. The molecule has 4 bridgehead atoms. The minimum Gasteiger partial charge on any atom is -0.350 e. The van der Waals surface area contributed by atoms with E-state index in [0.29, 0.717) is 5.92 Å². The minimum atomic E-state index is 0.0479. The first-order chi connectivity index (χ1) is 10.0. The van der Waals surface area contributed by atoms with Crippen LogP contribution in [0.5, 0.6) is 0 Å². The fourth-order valence-corrected chi connectivity index (χ4v) is 6.52. The van der Waals surface area contributed by atoms with Gasteiger partial charge < -0.3 is 11.1 Å². The summed E-state index contributed by atoms with van der Waals surface area (Å²) in [5.41, 5.74) is 6.42. The van der Waals surface area contributed by atoms with Gasteiger partial charge in [0.2, 0.25) is 5.91 Å². The molecule has 3 nitrogen and oxygen atoms in total. The van der Waals surface area contributed by atoms with E-state index >= 15 is 0 Å². The van der Waals surface area contributed by atoms with E-state index in [9.17, 15) is 4.79 Å². The molecule has 5 fully saturated rings. The largest absolute Gasteiger partial charge is 0.350 e. The highest BCUT2D eigenvalue weighted by atomic mass is 16.2. The molecule has 5 rings (SSSR count). The molecule has 3 N–H and O–H groups in total. The summed E-state index contributed by atoms with van der Waals surface area (Å²) < 4.78 is 0. The van der Waals surface area contributed by atoms with Crippen molar-refractivity contribution in [3.8, 4) is 0 Å². The first-order valence-corrected chi connectivity index (χ1v) is 9.12. The number of hydrogen-bond donors (Lipinski definition) is 2. The predicted octanol–water partition coefficient (Wildman–Crippen LogP) is 2.83. The molecule has 0 heterocycles. The fourth-order valence-electron chi connectivity index (χ4n) is 6.52. The Kier molecular flexibility index (Phi) is 3.33. The van der Waals surface area contributed by atoms with Crippen LogP contribution in [-0.4, -0.2) is 17.5 Å². The number of hydrogen-bond acceptors (Lipinski definition) is 2. The van der Waals surface area contributed by atoms with Gasteiger partial charge in [0, 0.05) is 11.6 Å². The molecule has 0 aliphatic heterocycles. The Labute approximate surface area is 128 Å². The first-order valence-electron chi connectivity index (χ1n) is 9.12. The van der Waals surface area contributed by atoms with Gasteiger partial charge in [0.25, 0.3) is 0 Å². The molecule has 5 aliphatic rings. The zero-order valence-corrected chi connectivity index (χ0v) is 13.3. The summed E-state index contributed by atoms with van der Waals surface area (Å²) in [6, 6.07) is 0.0719. The first kappa shape index (κ1) is 14.0. The third kappa shape index (κ3) is 2.42. The van der Waals surface area contributed by atoms with Gasteiger partial charge in [-0.2, -0.15) is 0 Å². The summed E-state index contributed by atoms with van der Waals surface area (Å²) in [6.45, 7) is 2.21. The standard InChI is InChI=1S/C18H30N2O/c1-11-3-2-4-15(19)16(11)17(21)20-18-8-12-5-13(9-18)7-14(6-12)10-18/h11-16H,2-10,19H2,1H3,(H,20,21). The summed E-state index contributed by atoms with van der Waals surface area (Å²) in [4.78, 5) is 12.9. The summed E-state index contributed by atoms with van der Waals surface area (Å²) in [7, 11) is 0. The number of carbonyl (C=O) groups excluding carboxylic acids is 1. The quantitative estimate of drug-likeness (QED) is 0.821. The van der Waals surface area contributed by atoms with Crippen molar-refractivity contribution in [3.63, 3.8) is 0 Å². The maximum Gasteiger partial charge on any atom is 0.225 e. The molecule has 0 radical (unpaired) electrons. The van der Waals surface area contributed by atoms with Gasteiger partial charge in [-0.3, -0.25) is 4.79 Å². The van der Waals surface area contributed by atoms with E-state index in [1.807, 2.05) is 0 Å². The monoisotopic (exact) mass is 290 g/mol. The Bertz CT molecular complexity index is 388. The number of carbonyl (C=O) groups is 1. The fraction of sp³-hybridized carbons (Fsp3) is 0.944. The molecule has 3 heteroatoms. The van der Waals surface area contributed by atoms with Crippen LogP contribution in [0.4, 0.5) is 0 Å². The molecule has 118 valence electrons. The Morgan fingerprint density at radius 1 is 1.05 bits per heavy atom. The third-order valence-electron chi connectivity index (χ3n) is 7.00. The molecular weight excluding hydrogens is 260 g/mol. The van der Waals surface area contributed by atoms with Gasteiger partial charge in [-0.05, 0) is 75.0 Å². The van der Waals surface area contributed by atoms with E-state index in [4.69, 9.17) is 5.73 Å². The number of amides is 1. The highest BCUT2D eigenvalue weighted by molar-refractivity contribution is 5.80. The van der Waals surface area contributed by atoms with Crippen LogP contribution in [-0.2, 0) is 4.79 Å². The Balaban J connectivity index is 1.49. The summed E-state index contributed by atoms with van der Waals surface area (Å²) in [5.74, 6) is 3.42. The Morgan fingerprint density at radius 2 is 1.62 bits per heavy atom. The van der Waals surface area contributed by atoms with Gasteiger partial charge in [0.15, 0.2) is 0 Å². The van der Waals surface area contributed by atoms with Gasteiger partial charge in [-0.15, -0.1) is 0 Å². The zero-order valence-electron chi connectivity index (χ0n) is 13.3. The molecule has 5 saturated carbocycles. The normalized spacial score (nSPS) is 51.9. The zero-order chi connectivity index (χ0) is 14.6. The van der Waals surface area contributed by atoms with Gasteiger partial charge in [-0.1, -0.05) is 13.3 Å². The molecule has 0 aromatic rings. The third-order valence-corrected chi connectivity index (χ3v) is 7.00. The molecule has 5 aliphatic carbocycles. The molecule has 0 spiro atoms. The van der Waals surface area contributed by atoms with E-state index in [-0.39, 0.29) is 23.4 Å². The van der Waals surface area contributed by atoms with Gasteiger partial charge in [0.05, 0.1) is 5.92 Å². The minimum absolute atomic E-state index is 0.0479. The summed E-state index contributed by atoms with van der Waals surface area (Å²) in [5, 5.41) is 3.54. The van der Waals surface area contributed by atoms with Crippen molar-refractivity contribution < 1.29 is 4.79 Å². The second kappa shape index (κ2) is 4.97. The summed E-state index contributed by atoms with van der Waals surface area (Å²) >= 11 is 0. The lowest BCUT2D eigenvalue weighted by molar-refractivity contribution is -0.134. The van der Waals surface area contributed by atoms with Gasteiger partial charge >= 0.3 is 0 Å². The highest BCUT2D eigenvalue weighted by Gasteiger charge is 2.52. The Hall–Kier alpha value is -0.570. The Morgan fingerprint density at radius 3 is 2.14 bits per heavy atom. The molecular formula is C18H30N2O. The average Bonchev–Trinajstić information content (AvgIpc) is 2.35. The van der Waals surface area contributed by atoms with E-state index in [0.717, 1.165) is 30.6 Å². The average molecular weight is 290 g/mol. The molecule has 0 aromatic heterocycles. The number of nitrogens with one attached hydrogen (secondary N) is 1. The number of nitrogens with two attached hydrogens (primary N) is 1. The molecule has 3 atom stereocenters. The molecule has 21 heavy (non-hydrogen) atoms. The van der Waals surface area contributed by atoms with Crippen LogP contribution in [0.25, 0.3) is 0 Å². The lowest BCUT2D eigenvalue weighted by Crippen LogP contribution is -2.62. The van der Waals surface area contributed by atoms with Gasteiger partial charge in [0.1, 0.15) is 0 Å². The SMILES string of the molecule is CC1CCCC(N)C1C(=O)NC12CC3CC(CC(C3)C1)C2. The second-order valence-corrected chi connectivity index (χ2v) is 8.78. The molecule has 3 unspecified atom stereocenters. The van der Waals surface area contributed by atoms with Crippen LogP contribution in [0.1, 0.15) is 64.7 Å². The van der Waals surface area contributed by atoms with Crippen LogP contribution >= 0.6 is 0 Å². The van der Waals surface area contributed by atoms with Crippen molar-refractivity contribution >= 4 is 5.91 Å². The predicted molar refractivity (Wildman–Crippen MR) is 83.5 cm³/mol. The van der Waals surface area contributed by atoms with Crippen molar-refractivity contribution in [2.45, 2.75) is 76.3 Å². The molecule has 0 aromatic carbocycles. The molecule has 1 amide bonds. The topological polar surface area (TPSA) is 55.1 Å². The van der Waals surface area contributed by atoms with Crippen LogP contribution in [0.2, 0.25) is 0 Å². The van der Waals surface area contributed by atoms with E-state index in [2.05, 4.69) is 12.2 Å². The van der Waals surface area contributed by atoms with E-state index in [1.165, 1.54) is 44.9 Å². The maximum atomic E-state index is 12.9. The van der Waals surface area contributed by atoms with Crippen molar-refractivity contribution in [1.82, 2.24) is 5.32 Å².